The van der Waals surface area contributed by atoms with Crippen molar-refractivity contribution in [2.24, 2.45) is 0 Å². The van der Waals surface area contributed by atoms with Gasteiger partial charge in [-0.25, -0.2) is 4.79 Å². The van der Waals surface area contributed by atoms with Gasteiger partial charge in [-0.05, 0) is 31.0 Å². The standard InChI is InChI=1S/C17H21N3O6/c1-26-9-3-8-20-15(23)12-6-5-11(10-13(12)16(20)24)19-17(25)18-7-2-4-14(21)22/h5-6,10H,2-4,7-9H2,1H3,(H,21,22)(H2,18,19,25). The van der Waals surface area contributed by atoms with E-state index in [1.807, 2.05) is 0 Å². The minimum absolute atomic E-state index is 0.0331. The number of imide groups is 1. The molecular weight excluding hydrogens is 342 g/mol. The van der Waals surface area contributed by atoms with Gasteiger partial charge in [0.25, 0.3) is 11.8 Å². The molecule has 1 aliphatic heterocycles. The van der Waals surface area contributed by atoms with Crippen LogP contribution in [0.2, 0.25) is 0 Å². The minimum atomic E-state index is -0.927. The van der Waals surface area contributed by atoms with Crippen molar-refractivity contribution in [2.45, 2.75) is 19.3 Å². The third kappa shape index (κ3) is 4.79. The van der Waals surface area contributed by atoms with E-state index in [0.29, 0.717) is 30.7 Å². The number of carboxylic acids is 1. The molecule has 0 radical (unpaired) electrons. The molecule has 1 aromatic rings. The zero-order valence-electron chi connectivity index (χ0n) is 14.4. The molecule has 1 aliphatic rings. The van der Waals surface area contributed by atoms with Gasteiger partial charge in [0.1, 0.15) is 0 Å². The summed E-state index contributed by atoms with van der Waals surface area (Å²) in [5.74, 6) is -1.68. The number of urea groups is 1. The van der Waals surface area contributed by atoms with Crippen molar-refractivity contribution in [3.8, 4) is 0 Å². The number of rotatable bonds is 9. The lowest BCUT2D eigenvalue weighted by Gasteiger charge is -2.12. The highest BCUT2D eigenvalue weighted by Crippen LogP contribution is 2.26. The first-order valence-electron chi connectivity index (χ1n) is 8.20. The van der Waals surface area contributed by atoms with E-state index in [4.69, 9.17) is 9.84 Å². The van der Waals surface area contributed by atoms with Crippen LogP contribution in [0.15, 0.2) is 18.2 Å². The van der Waals surface area contributed by atoms with Crippen molar-refractivity contribution >= 4 is 29.5 Å². The molecule has 9 heteroatoms. The summed E-state index contributed by atoms with van der Waals surface area (Å²) in [5.41, 5.74) is 0.926. The average molecular weight is 363 g/mol. The lowest BCUT2D eigenvalue weighted by Crippen LogP contribution is -2.31. The molecule has 2 rings (SSSR count). The largest absolute Gasteiger partial charge is 0.481 e. The summed E-state index contributed by atoms with van der Waals surface area (Å²) in [6.07, 6.45) is 0.830. The number of hydrogen-bond donors (Lipinski definition) is 3. The first kappa shape index (κ1) is 19.4. The Morgan fingerprint density at radius 1 is 1.15 bits per heavy atom. The Labute approximate surface area is 150 Å². The highest BCUT2D eigenvalue weighted by Gasteiger charge is 2.35. The van der Waals surface area contributed by atoms with E-state index in [1.54, 1.807) is 13.2 Å². The molecule has 3 N–H and O–H groups in total. The average Bonchev–Trinajstić information content (AvgIpc) is 2.83. The zero-order valence-corrected chi connectivity index (χ0v) is 14.4. The number of aliphatic carboxylic acids is 1. The van der Waals surface area contributed by atoms with Gasteiger partial charge in [0.15, 0.2) is 0 Å². The molecule has 140 valence electrons. The van der Waals surface area contributed by atoms with Crippen LogP contribution in [0, 0.1) is 0 Å². The Bertz CT molecular complexity index is 718. The Kier molecular flexibility index (Phi) is 6.67. The first-order chi connectivity index (χ1) is 12.4. The van der Waals surface area contributed by atoms with Crippen molar-refractivity contribution in [3.63, 3.8) is 0 Å². The summed E-state index contributed by atoms with van der Waals surface area (Å²) in [7, 11) is 1.55. The third-order valence-corrected chi connectivity index (χ3v) is 3.81. The van der Waals surface area contributed by atoms with Gasteiger partial charge in [-0.1, -0.05) is 0 Å². The lowest BCUT2D eigenvalue weighted by atomic mass is 10.1. The maximum atomic E-state index is 12.4. The van der Waals surface area contributed by atoms with Crippen LogP contribution >= 0.6 is 0 Å². The summed E-state index contributed by atoms with van der Waals surface area (Å²) in [4.78, 5) is 48.0. The van der Waals surface area contributed by atoms with Gasteiger partial charge in [-0.2, -0.15) is 0 Å². The van der Waals surface area contributed by atoms with Crippen LogP contribution in [0.25, 0.3) is 0 Å². The van der Waals surface area contributed by atoms with Gasteiger partial charge in [-0.15, -0.1) is 0 Å². The topological polar surface area (TPSA) is 125 Å². The molecule has 0 fully saturated rings. The van der Waals surface area contributed by atoms with E-state index in [0.717, 1.165) is 0 Å². The summed E-state index contributed by atoms with van der Waals surface area (Å²) in [6, 6.07) is 4.00. The normalized spacial score (nSPS) is 12.9. The van der Waals surface area contributed by atoms with Crippen LogP contribution in [0.4, 0.5) is 10.5 Å². The minimum Gasteiger partial charge on any atom is -0.481 e. The van der Waals surface area contributed by atoms with E-state index < -0.39 is 17.9 Å². The van der Waals surface area contributed by atoms with E-state index >= 15 is 0 Å². The number of carboxylic acid groups (broad SMARTS) is 1. The predicted octanol–water partition coefficient (Wildman–Crippen LogP) is 1.31. The highest BCUT2D eigenvalue weighted by atomic mass is 16.5. The Balaban J connectivity index is 1.95. The lowest BCUT2D eigenvalue weighted by molar-refractivity contribution is -0.137. The number of methoxy groups -OCH3 is 1. The Morgan fingerprint density at radius 3 is 2.58 bits per heavy atom. The highest BCUT2D eigenvalue weighted by molar-refractivity contribution is 6.21. The van der Waals surface area contributed by atoms with E-state index in [1.165, 1.54) is 17.0 Å². The molecule has 0 saturated carbocycles. The Hall–Kier alpha value is -2.94. The van der Waals surface area contributed by atoms with E-state index in [2.05, 4.69) is 10.6 Å². The molecule has 26 heavy (non-hydrogen) atoms. The SMILES string of the molecule is COCCCN1C(=O)c2ccc(NC(=O)NCCCC(=O)O)cc2C1=O. The van der Waals surface area contributed by atoms with Gasteiger partial charge >= 0.3 is 12.0 Å². The van der Waals surface area contributed by atoms with Crippen LogP contribution < -0.4 is 10.6 Å². The van der Waals surface area contributed by atoms with E-state index in [9.17, 15) is 19.2 Å². The molecule has 0 spiro atoms. The molecule has 0 aliphatic carbocycles. The van der Waals surface area contributed by atoms with Crippen LogP contribution in [-0.2, 0) is 9.53 Å². The predicted molar refractivity (Wildman–Crippen MR) is 92.2 cm³/mol. The molecule has 0 unspecified atom stereocenters. The fourth-order valence-electron chi connectivity index (χ4n) is 2.56. The molecule has 1 aromatic carbocycles. The van der Waals surface area contributed by atoms with Crippen LogP contribution in [0.3, 0.4) is 0 Å². The number of fused-ring (bicyclic) bond motifs is 1. The number of anilines is 1. The number of ether oxygens (including phenoxy) is 1. The van der Waals surface area contributed by atoms with Crippen molar-refractivity contribution in [3.05, 3.63) is 29.3 Å². The smallest absolute Gasteiger partial charge is 0.319 e. The third-order valence-electron chi connectivity index (χ3n) is 3.81. The maximum Gasteiger partial charge on any atom is 0.319 e. The van der Waals surface area contributed by atoms with Crippen molar-refractivity contribution in [2.75, 3.05) is 32.1 Å². The second-order valence-electron chi connectivity index (χ2n) is 5.75. The second-order valence-corrected chi connectivity index (χ2v) is 5.75. The Morgan fingerprint density at radius 2 is 1.88 bits per heavy atom. The van der Waals surface area contributed by atoms with Crippen LogP contribution in [-0.4, -0.2) is 60.6 Å². The molecule has 0 atom stereocenters. The summed E-state index contributed by atoms with van der Waals surface area (Å²) < 4.78 is 4.93. The fraction of sp³-hybridized carbons (Fsp3) is 0.412. The number of carbonyl (C=O) groups excluding carboxylic acids is 3. The number of hydrogen-bond acceptors (Lipinski definition) is 5. The maximum absolute atomic E-state index is 12.4. The van der Waals surface area contributed by atoms with Gasteiger partial charge in [0.05, 0.1) is 11.1 Å². The number of benzene rings is 1. The second kappa shape index (κ2) is 8.95. The monoisotopic (exact) mass is 363 g/mol. The van der Waals surface area contributed by atoms with Crippen molar-refractivity contribution in [1.82, 2.24) is 10.2 Å². The molecule has 9 nitrogen and oxygen atoms in total. The quantitative estimate of drug-likeness (QED) is 0.449. The van der Waals surface area contributed by atoms with Gasteiger partial charge in [0, 0.05) is 38.9 Å². The fourth-order valence-corrected chi connectivity index (χ4v) is 2.56. The van der Waals surface area contributed by atoms with Gasteiger partial charge in [-0.3, -0.25) is 19.3 Å². The summed E-state index contributed by atoms with van der Waals surface area (Å²) in [6.45, 7) is 0.934. The van der Waals surface area contributed by atoms with Gasteiger partial charge < -0.3 is 20.5 Å². The number of nitrogens with one attached hydrogen (secondary N) is 2. The van der Waals surface area contributed by atoms with Gasteiger partial charge in [0.2, 0.25) is 0 Å². The van der Waals surface area contributed by atoms with Crippen LogP contribution in [0.5, 0.6) is 0 Å². The number of amides is 4. The summed E-state index contributed by atoms with van der Waals surface area (Å²) in [5, 5.41) is 13.6. The first-order valence-corrected chi connectivity index (χ1v) is 8.20. The molecule has 4 amide bonds. The molecule has 0 bridgehead atoms. The van der Waals surface area contributed by atoms with Crippen LogP contribution in [0.1, 0.15) is 40.0 Å². The van der Waals surface area contributed by atoms with Crippen molar-refractivity contribution < 1.29 is 29.0 Å². The molecule has 1 heterocycles. The molecular formula is C17H21N3O6. The van der Waals surface area contributed by atoms with E-state index in [-0.39, 0.29) is 31.0 Å². The zero-order chi connectivity index (χ0) is 19.1. The summed E-state index contributed by atoms with van der Waals surface area (Å²) >= 11 is 0. The number of carbonyl (C=O) groups is 4. The molecule has 0 aromatic heterocycles. The number of nitrogens with zero attached hydrogens (tertiary/aromatic N) is 1. The van der Waals surface area contributed by atoms with Crippen molar-refractivity contribution in [1.29, 1.82) is 0 Å². The molecule has 0 saturated heterocycles.